The average molecular weight is 1000 g/mol. The Morgan fingerprint density at radius 2 is 0.425 bits per heavy atom. The van der Waals surface area contributed by atoms with Crippen molar-refractivity contribution in [2.24, 2.45) is 0 Å². The lowest BCUT2D eigenvalue weighted by Gasteiger charge is -2.15. The molecule has 0 N–H and O–H groups in total. The maximum Gasteiger partial charge on any atom is 0.211 e. The van der Waals surface area contributed by atoms with Crippen LogP contribution in [0.25, 0.3) is 16.9 Å². The van der Waals surface area contributed by atoms with Crippen molar-refractivity contribution in [3.8, 4) is 0 Å². The summed E-state index contributed by atoms with van der Waals surface area (Å²) >= 11 is 0. The molecule has 0 saturated carbocycles. The summed E-state index contributed by atoms with van der Waals surface area (Å²) in [5, 5.41) is 0. The lowest BCUT2D eigenvalue weighted by Crippen LogP contribution is -2.05. The molecule has 0 unspecified atom stereocenters. The molecule has 1 heterocycles. The van der Waals surface area contributed by atoms with Gasteiger partial charge in [0, 0.05) is 22.3 Å². The number of hydrogen-bond donors (Lipinski definition) is 0. The van der Waals surface area contributed by atoms with Crippen molar-refractivity contribution in [1.29, 1.82) is 0 Å². The van der Waals surface area contributed by atoms with Gasteiger partial charge in [-0.3, -0.25) is 0 Å². The molecule has 2 aromatic rings. The minimum atomic E-state index is 1.03. The van der Waals surface area contributed by atoms with Crippen LogP contribution < -0.4 is 0 Å². The molecular formula is C71H122N2. The standard InChI is InChI=1S/C71H122N2/c1-7-13-19-21-23-25-27-29-31-33-35-37-39-41-43-45-48-52-64-56-62(50-16-10-4)58-66(60-64)70-68(54-18-12-6)69(55-47-15-9-3)71(73(70)72)67-59-63(51-17-11-5)57-65(61-67)53-49-46-44-42-40-38-36-34-32-30-28-26-24-22-20-14-8-2/h56-61H,7-55H2,1-6H3. The molecule has 1 aliphatic heterocycles. The van der Waals surface area contributed by atoms with E-state index >= 15 is 0 Å². The van der Waals surface area contributed by atoms with Crippen molar-refractivity contribution in [2.45, 2.75) is 356 Å². The Morgan fingerprint density at radius 1 is 0.233 bits per heavy atom. The summed E-state index contributed by atoms with van der Waals surface area (Å²) in [7, 11) is 0. The fourth-order valence-electron chi connectivity index (χ4n) is 11.9. The van der Waals surface area contributed by atoms with E-state index in [-0.39, 0.29) is 0 Å². The summed E-state index contributed by atoms with van der Waals surface area (Å²) in [5.74, 6) is 0. The van der Waals surface area contributed by atoms with Crippen LogP contribution in [0, 0.1) is 0 Å². The van der Waals surface area contributed by atoms with Crippen LogP contribution in [0.15, 0.2) is 47.5 Å². The van der Waals surface area contributed by atoms with E-state index in [1.165, 1.54) is 308 Å². The molecular weight excluding hydrogens is 881 g/mol. The van der Waals surface area contributed by atoms with Gasteiger partial charge in [-0.05, 0) is 124 Å². The van der Waals surface area contributed by atoms with E-state index in [0.29, 0.717) is 0 Å². The third-order valence-corrected chi connectivity index (χ3v) is 16.6. The zero-order chi connectivity index (χ0) is 52.2. The molecule has 73 heavy (non-hydrogen) atoms. The fourth-order valence-corrected chi connectivity index (χ4v) is 11.9. The first-order chi connectivity index (χ1) is 36.0. The molecule has 0 atom stereocenters. The van der Waals surface area contributed by atoms with Gasteiger partial charge in [-0.15, -0.1) is 0 Å². The summed E-state index contributed by atoms with van der Waals surface area (Å²) in [6.07, 6.45) is 65.4. The lowest BCUT2D eigenvalue weighted by atomic mass is 9.90. The summed E-state index contributed by atoms with van der Waals surface area (Å²) in [5.41, 5.74) is 26.2. The number of hydrogen-bond acceptors (Lipinski definition) is 0. The first-order valence-electron chi connectivity index (χ1n) is 33.2. The molecule has 0 spiro atoms. The van der Waals surface area contributed by atoms with Crippen molar-refractivity contribution in [1.82, 2.24) is 0 Å². The quantitative estimate of drug-likeness (QED) is 0.0466. The van der Waals surface area contributed by atoms with Crippen LogP contribution in [0.4, 0.5) is 0 Å². The Balaban J connectivity index is 1.65. The smallest absolute Gasteiger partial charge is 0.211 e. The van der Waals surface area contributed by atoms with Crippen molar-refractivity contribution in [2.75, 3.05) is 0 Å². The van der Waals surface area contributed by atoms with Crippen molar-refractivity contribution < 1.29 is 4.70 Å². The third-order valence-electron chi connectivity index (χ3n) is 16.6. The molecule has 416 valence electrons. The molecule has 3 rings (SSSR count). The predicted molar refractivity (Wildman–Crippen MR) is 327 cm³/mol. The third kappa shape index (κ3) is 29.0. The van der Waals surface area contributed by atoms with Crippen LogP contribution >= 0.6 is 0 Å². The highest BCUT2D eigenvalue weighted by atomic mass is 15.2. The van der Waals surface area contributed by atoms with E-state index in [0.717, 1.165) is 62.8 Å². The van der Waals surface area contributed by atoms with Crippen LogP contribution in [0.2, 0.25) is 0 Å². The molecule has 0 radical (unpaired) electrons. The first-order valence-corrected chi connectivity index (χ1v) is 33.2. The van der Waals surface area contributed by atoms with Crippen LogP contribution in [0.1, 0.15) is 364 Å². The molecule has 0 saturated heterocycles. The van der Waals surface area contributed by atoms with E-state index in [1.807, 2.05) is 0 Å². The van der Waals surface area contributed by atoms with Gasteiger partial charge in [0.15, 0.2) is 0 Å². The topological polar surface area (TPSA) is 25.3 Å². The zero-order valence-corrected chi connectivity index (χ0v) is 50.0. The molecule has 2 heteroatoms. The number of rotatable bonds is 51. The Hall–Kier alpha value is -2.48. The maximum absolute atomic E-state index is 12.8. The predicted octanol–water partition coefficient (Wildman–Crippen LogP) is 24.7. The average Bonchev–Trinajstić information content (AvgIpc) is 3.68. The summed E-state index contributed by atoms with van der Waals surface area (Å²) in [6.45, 7) is 13.9. The number of unbranched alkanes of at least 4 members (excludes halogenated alkanes) is 37. The number of nitrogens with zero attached hydrogens (tertiary/aromatic N) is 2. The van der Waals surface area contributed by atoms with Gasteiger partial charge in [0.05, 0.1) is 0 Å². The van der Waals surface area contributed by atoms with Gasteiger partial charge >= 0.3 is 0 Å². The van der Waals surface area contributed by atoms with Crippen LogP contribution in [-0.4, -0.2) is 4.70 Å². The molecule has 0 amide bonds. The van der Waals surface area contributed by atoms with Gasteiger partial charge in [-0.2, -0.15) is 0 Å². The van der Waals surface area contributed by atoms with Crippen molar-refractivity contribution in [3.63, 3.8) is 0 Å². The number of allylic oxidation sites excluding steroid dienone is 2. The molecule has 0 aliphatic carbocycles. The molecule has 0 aromatic heterocycles. The lowest BCUT2D eigenvalue weighted by molar-refractivity contribution is -0.345. The minimum absolute atomic E-state index is 1.03. The molecule has 2 nitrogen and oxygen atoms in total. The van der Waals surface area contributed by atoms with E-state index < -0.39 is 0 Å². The Morgan fingerprint density at radius 3 is 0.699 bits per heavy atom. The van der Waals surface area contributed by atoms with Crippen LogP contribution in [0.5, 0.6) is 0 Å². The normalized spacial score (nSPS) is 12.9. The van der Waals surface area contributed by atoms with Gasteiger partial charge in [0.2, 0.25) is 11.4 Å². The second kappa shape index (κ2) is 44.6. The monoisotopic (exact) mass is 1000 g/mol. The zero-order valence-electron chi connectivity index (χ0n) is 50.0. The van der Waals surface area contributed by atoms with E-state index in [4.69, 9.17) is 0 Å². The number of benzene rings is 2. The highest BCUT2D eigenvalue weighted by Crippen LogP contribution is 2.45. The minimum Gasteiger partial charge on any atom is -0.493 e. The van der Waals surface area contributed by atoms with Crippen LogP contribution in [-0.2, 0) is 25.7 Å². The fraction of sp³-hybridized carbons (Fsp3) is 0.775. The van der Waals surface area contributed by atoms with E-state index in [1.54, 1.807) is 4.70 Å². The van der Waals surface area contributed by atoms with E-state index in [9.17, 15) is 5.53 Å². The molecule has 2 aromatic carbocycles. The highest BCUT2D eigenvalue weighted by Gasteiger charge is 2.36. The van der Waals surface area contributed by atoms with Gasteiger partial charge < -0.3 is 5.53 Å². The second-order valence-electron chi connectivity index (χ2n) is 23.6. The highest BCUT2D eigenvalue weighted by molar-refractivity contribution is 5.82. The number of aryl methyl sites for hydroxylation is 4. The first kappa shape index (κ1) is 64.8. The van der Waals surface area contributed by atoms with Gasteiger partial charge in [-0.25, -0.2) is 4.70 Å². The molecule has 1 aliphatic rings. The Labute approximate surface area is 456 Å². The summed E-state index contributed by atoms with van der Waals surface area (Å²) in [6, 6.07) is 14.9. The molecule has 0 fully saturated rings. The Kier molecular flexibility index (Phi) is 39.6. The second-order valence-corrected chi connectivity index (χ2v) is 23.6. The van der Waals surface area contributed by atoms with Crippen LogP contribution in [0.3, 0.4) is 0 Å². The van der Waals surface area contributed by atoms with Crippen molar-refractivity contribution >= 4 is 11.4 Å². The van der Waals surface area contributed by atoms with Gasteiger partial charge in [0.1, 0.15) is 0 Å². The SMILES string of the molecule is CCCCCCCCCCCCCCCCCCCc1cc(CCCC)cc(C2=C(CCCC)C(CCCCC)=C(c3cc(CCCC)cc(CCCCCCCCCCCCCCCCCCC)c3)[N+]2=[N-])c1. The summed E-state index contributed by atoms with van der Waals surface area (Å²) in [4.78, 5) is 0. The maximum atomic E-state index is 12.8. The Bertz CT molecular complexity index is 1720. The summed E-state index contributed by atoms with van der Waals surface area (Å²) < 4.78 is 1.71. The van der Waals surface area contributed by atoms with Gasteiger partial charge in [0.25, 0.3) is 0 Å². The van der Waals surface area contributed by atoms with E-state index in [2.05, 4.69) is 77.9 Å². The molecule has 0 bridgehead atoms. The largest absolute Gasteiger partial charge is 0.493 e. The van der Waals surface area contributed by atoms with Gasteiger partial charge in [-0.1, -0.05) is 291 Å². The van der Waals surface area contributed by atoms with Crippen molar-refractivity contribution in [3.05, 3.63) is 86.5 Å².